The number of methoxy groups -OCH3 is 1. The number of piperidine rings is 1. The molecule has 0 radical (unpaired) electrons. The highest BCUT2D eigenvalue weighted by Crippen LogP contribution is 2.24. The van der Waals surface area contributed by atoms with Crippen molar-refractivity contribution in [1.29, 1.82) is 0 Å². The standard InChI is InChI=1S/C19H21N7O2/c1-28-16-6-4-15(5-7-16)24-19(27)14-3-2-8-25(10-14)17-9-18(22-12-21-17)26-13-20-11-23-26/h4-7,9,11-14H,2-3,8,10H2,1H3,(H,24,27). The number of amides is 1. The van der Waals surface area contributed by atoms with Crippen LogP contribution in [0.5, 0.6) is 5.75 Å². The lowest BCUT2D eigenvalue weighted by molar-refractivity contribution is -0.120. The molecule has 1 amide bonds. The first-order valence-electron chi connectivity index (χ1n) is 9.10. The second-order valence-electron chi connectivity index (χ2n) is 6.58. The molecule has 9 nitrogen and oxygen atoms in total. The SMILES string of the molecule is COc1ccc(NC(=O)C2CCCN(c3cc(-n4cncn4)ncn3)C2)cc1. The number of hydrogen-bond acceptors (Lipinski definition) is 7. The molecule has 1 aliphatic heterocycles. The number of benzene rings is 1. The minimum absolute atomic E-state index is 0.0143. The average Bonchev–Trinajstić information content (AvgIpc) is 3.29. The lowest BCUT2D eigenvalue weighted by Gasteiger charge is -2.32. The first-order chi connectivity index (χ1) is 13.7. The van der Waals surface area contributed by atoms with Crippen molar-refractivity contribution in [2.24, 2.45) is 5.92 Å². The Kier molecular flexibility index (Phi) is 5.14. The van der Waals surface area contributed by atoms with Gasteiger partial charge < -0.3 is 15.0 Å². The summed E-state index contributed by atoms with van der Waals surface area (Å²) in [5.74, 6) is 2.09. The topological polar surface area (TPSA) is 98.1 Å². The molecule has 0 aliphatic carbocycles. The molecule has 1 unspecified atom stereocenters. The number of hydrogen-bond donors (Lipinski definition) is 1. The van der Waals surface area contributed by atoms with Crippen LogP contribution in [0.25, 0.3) is 5.82 Å². The number of nitrogens with zero attached hydrogens (tertiary/aromatic N) is 6. The summed E-state index contributed by atoms with van der Waals surface area (Å²) in [4.78, 5) is 27.4. The van der Waals surface area contributed by atoms with Crippen LogP contribution in [0.15, 0.2) is 49.3 Å². The van der Waals surface area contributed by atoms with E-state index in [0.29, 0.717) is 12.4 Å². The van der Waals surface area contributed by atoms with E-state index in [-0.39, 0.29) is 11.8 Å². The van der Waals surface area contributed by atoms with Crippen molar-refractivity contribution in [2.45, 2.75) is 12.8 Å². The summed E-state index contributed by atoms with van der Waals surface area (Å²) in [6.45, 7) is 1.45. The number of nitrogens with one attached hydrogen (secondary N) is 1. The van der Waals surface area contributed by atoms with E-state index in [2.05, 4.69) is 30.3 Å². The van der Waals surface area contributed by atoms with Crippen molar-refractivity contribution in [3.63, 3.8) is 0 Å². The molecule has 1 atom stereocenters. The Labute approximate surface area is 162 Å². The Morgan fingerprint density at radius 3 is 2.75 bits per heavy atom. The molecule has 1 aliphatic rings. The van der Waals surface area contributed by atoms with Gasteiger partial charge in [0.05, 0.1) is 13.0 Å². The van der Waals surface area contributed by atoms with Crippen molar-refractivity contribution in [2.75, 3.05) is 30.4 Å². The van der Waals surface area contributed by atoms with Gasteiger partial charge >= 0.3 is 0 Å². The first-order valence-corrected chi connectivity index (χ1v) is 9.10. The van der Waals surface area contributed by atoms with Gasteiger partial charge in [-0.15, -0.1) is 0 Å². The van der Waals surface area contributed by atoms with Gasteiger partial charge in [-0.05, 0) is 37.1 Å². The highest BCUT2D eigenvalue weighted by molar-refractivity contribution is 5.93. The molecule has 0 saturated carbocycles. The maximum Gasteiger partial charge on any atom is 0.229 e. The summed E-state index contributed by atoms with van der Waals surface area (Å²) in [6.07, 6.45) is 6.33. The second kappa shape index (κ2) is 8.03. The van der Waals surface area contributed by atoms with E-state index < -0.39 is 0 Å². The summed E-state index contributed by atoms with van der Waals surface area (Å²) in [5, 5.41) is 7.09. The van der Waals surface area contributed by atoms with Crippen molar-refractivity contribution >= 4 is 17.4 Å². The Hall–Kier alpha value is -3.49. The van der Waals surface area contributed by atoms with Crippen LogP contribution in [-0.4, -0.2) is 50.8 Å². The Balaban J connectivity index is 1.44. The molecule has 9 heteroatoms. The third kappa shape index (κ3) is 3.93. The fourth-order valence-corrected chi connectivity index (χ4v) is 3.28. The van der Waals surface area contributed by atoms with E-state index >= 15 is 0 Å². The molecular weight excluding hydrogens is 358 g/mol. The van der Waals surface area contributed by atoms with Gasteiger partial charge in [-0.2, -0.15) is 5.10 Å². The predicted molar refractivity (Wildman–Crippen MR) is 104 cm³/mol. The van der Waals surface area contributed by atoms with E-state index in [0.717, 1.165) is 36.6 Å². The van der Waals surface area contributed by atoms with Gasteiger partial charge in [0.1, 0.15) is 30.5 Å². The molecule has 1 saturated heterocycles. The van der Waals surface area contributed by atoms with E-state index in [1.807, 2.05) is 30.3 Å². The van der Waals surface area contributed by atoms with Crippen LogP contribution in [0.2, 0.25) is 0 Å². The Morgan fingerprint density at radius 2 is 2.00 bits per heavy atom. The van der Waals surface area contributed by atoms with Gasteiger partial charge in [0.15, 0.2) is 5.82 Å². The van der Waals surface area contributed by atoms with Gasteiger partial charge in [-0.25, -0.2) is 19.6 Å². The van der Waals surface area contributed by atoms with E-state index in [1.54, 1.807) is 18.1 Å². The van der Waals surface area contributed by atoms with Crippen LogP contribution < -0.4 is 15.0 Å². The third-order valence-corrected chi connectivity index (χ3v) is 4.77. The van der Waals surface area contributed by atoms with Gasteiger partial charge in [-0.3, -0.25) is 4.79 Å². The molecule has 0 spiro atoms. The van der Waals surface area contributed by atoms with Crippen LogP contribution in [0.3, 0.4) is 0 Å². The Bertz CT molecular complexity index is 928. The number of anilines is 2. The van der Waals surface area contributed by atoms with Crippen molar-refractivity contribution < 1.29 is 9.53 Å². The Morgan fingerprint density at radius 1 is 1.18 bits per heavy atom. The maximum absolute atomic E-state index is 12.7. The number of carbonyl (C=O) groups excluding carboxylic acids is 1. The van der Waals surface area contributed by atoms with Crippen LogP contribution in [0.1, 0.15) is 12.8 Å². The molecule has 28 heavy (non-hydrogen) atoms. The molecule has 3 heterocycles. The molecule has 1 N–H and O–H groups in total. The van der Waals surface area contributed by atoms with Gasteiger partial charge in [-0.1, -0.05) is 0 Å². The normalized spacial score (nSPS) is 16.6. The monoisotopic (exact) mass is 379 g/mol. The molecular formula is C19H21N7O2. The van der Waals surface area contributed by atoms with Crippen molar-refractivity contribution in [3.05, 3.63) is 49.3 Å². The summed E-state index contributed by atoms with van der Waals surface area (Å²) in [6, 6.07) is 9.20. The average molecular weight is 379 g/mol. The number of carbonyl (C=O) groups is 1. The van der Waals surface area contributed by atoms with Crippen molar-refractivity contribution in [3.8, 4) is 11.6 Å². The largest absolute Gasteiger partial charge is 0.497 e. The number of aromatic nitrogens is 5. The zero-order chi connectivity index (χ0) is 19.3. The second-order valence-corrected chi connectivity index (χ2v) is 6.58. The highest BCUT2D eigenvalue weighted by atomic mass is 16.5. The summed E-state index contributed by atoms with van der Waals surface area (Å²) in [7, 11) is 1.62. The maximum atomic E-state index is 12.7. The minimum Gasteiger partial charge on any atom is -0.497 e. The highest BCUT2D eigenvalue weighted by Gasteiger charge is 2.27. The van der Waals surface area contributed by atoms with Crippen LogP contribution >= 0.6 is 0 Å². The fourth-order valence-electron chi connectivity index (χ4n) is 3.28. The zero-order valence-electron chi connectivity index (χ0n) is 15.5. The first kappa shape index (κ1) is 17.9. The van der Waals surface area contributed by atoms with Gasteiger partial charge in [0.25, 0.3) is 0 Å². The van der Waals surface area contributed by atoms with E-state index in [1.165, 1.54) is 12.7 Å². The molecule has 3 aromatic rings. The predicted octanol–water partition coefficient (Wildman–Crippen LogP) is 1.92. The zero-order valence-corrected chi connectivity index (χ0v) is 15.5. The van der Waals surface area contributed by atoms with Crippen molar-refractivity contribution in [1.82, 2.24) is 24.7 Å². The molecule has 144 valence electrons. The fraction of sp³-hybridized carbons (Fsp3) is 0.316. The van der Waals surface area contributed by atoms with E-state index in [4.69, 9.17) is 4.74 Å². The number of rotatable bonds is 5. The van der Waals surface area contributed by atoms with Crippen LogP contribution in [0, 0.1) is 5.92 Å². The lowest BCUT2D eigenvalue weighted by atomic mass is 9.97. The summed E-state index contributed by atoms with van der Waals surface area (Å²) < 4.78 is 6.73. The lowest BCUT2D eigenvalue weighted by Crippen LogP contribution is -2.41. The summed E-state index contributed by atoms with van der Waals surface area (Å²) >= 11 is 0. The minimum atomic E-state index is -0.111. The number of ether oxygens (including phenoxy) is 1. The molecule has 4 rings (SSSR count). The quantitative estimate of drug-likeness (QED) is 0.723. The smallest absolute Gasteiger partial charge is 0.229 e. The molecule has 1 aromatic carbocycles. The van der Waals surface area contributed by atoms with Crippen LogP contribution in [-0.2, 0) is 4.79 Å². The van der Waals surface area contributed by atoms with Gasteiger partial charge in [0, 0.05) is 24.8 Å². The summed E-state index contributed by atoms with van der Waals surface area (Å²) in [5.41, 5.74) is 0.762. The van der Waals surface area contributed by atoms with Crippen LogP contribution in [0.4, 0.5) is 11.5 Å². The van der Waals surface area contributed by atoms with Gasteiger partial charge in [0.2, 0.25) is 5.91 Å². The molecule has 1 fully saturated rings. The molecule has 2 aromatic heterocycles. The molecule has 0 bridgehead atoms. The van der Waals surface area contributed by atoms with E-state index in [9.17, 15) is 4.79 Å². The third-order valence-electron chi connectivity index (χ3n) is 4.77.